The second kappa shape index (κ2) is 9.42. The largest absolute Gasteiger partial charge is 0.308 e. The number of benzene rings is 2. The fourth-order valence-electron chi connectivity index (χ4n) is 2.90. The molecule has 2 aromatic carbocycles. The van der Waals surface area contributed by atoms with E-state index in [0.29, 0.717) is 33.8 Å². The summed E-state index contributed by atoms with van der Waals surface area (Å²) in [6.45, 7) is 5.36. The van der Waals surface area contributed by atoms with Crippen molar-refractivity contribution in [2.24, 2.45) is 0 Å². The third-order valence-electron chi connectivity index (χ3n) is 4.17. The lowest BCUT2D eigenvalue weighted by molar-refractivity contribution is 0.0985. The number of fused-ring (bicyclic) bond motifs is 1. The number of nitrogens with zero attached hydrogens (tertiary/aromatic N) is 3. The SMILES string of the molecule is Cc1cc(C)c2sc(N(CCN(C)C)C(=O)c3cc(Cl)cc(Cl)c3)nc2c1.Cl. The first-order valence-electron chi connectivity index (χ1n) is 8.55. The number of aryl methyl sites for hydroxylation is 2. The Labute approximate surface area is 185 Å². The third-order valence-corrected chi connectivity index (χ3v) is 5.83. The summed E-state index contributed by atoms with van der Waals surface area (Å²) in [5, 5.41) is 1.56. The Morgan fingerprint density at radius 3 is 2.29 bits per heavy atom. The minimum Gasteiger partial charge on any atom is -0.308 e. The average Bonchev–Trinajstić information content (AvgIpc) is 2.97. The highest BCUT2D eigenvalue weighted by molar-refractivity contribution is 7.22. The Balaban J connectivity index is 0.00000280. The predicted molar refractivity (Wildman–Crippen MR) is 123 cm³/mol. The van der Waals surface area contributed by atoms with Gasteiger partial charge in [0.15, 0.2) is 5.13 Å². The van der Waals surface area contributed by atoms with Crippen LogP contribution in [0.15, 0.2) is 30.3 Å². The number of thiazole rings is 1. The number of rotatable bonds is 5. The number of anilines is 1. The highest BCUT2D eigenvalue weighted by Gasteiger charge is 2.22. The number of hydrogen-bond donors (Lipinski definition) is 0. The molecule has 8 heteroatoms. The zero-order valence-corrected chi connectivity index (χ0v) is 19.3. The van der Waals surface area contributed by atoms with Crippen LogP contribution in [0.2, 0.25) is 10.0 Å². The van der Waals surface area contributed by atoms with Crippen molar-refractivity contribution in [3.8, 4) is 0 Å². The summed E-state index contributed by atoms with van der Waals surface area (Å²) in [5.41, 5.74) is 3.70. The highest BCUT2D eigenvalue weighted by Crippen LogP contribution is 2.33. The fraction of sp³-hybridized carbons (Fsp3) is 0.300. The molecule has 0 aliphatic rings. The van der Waals surface area contributed by atoms with E-state index in [1.54, 1.807) is 23.1 Å². The molecule has 0 saturated carbocycles. The van der Waals surface area contributed by atoms with Crippen LogP contribution in [0.1, 0.15) is 21.5 Å². The van der Waals surface area contributed by atoms with Gasteiger partial charge in [-0.2, -0.15) is 0 Å². The molecule has 0 radical (unpaired) electrons. The molecule has 0 aliphatic heterocycles. The summed E-state index contributed by atoms with van der Waals surface area (Å²) in [6.07, 6.45) is 0. The predicted octanol–water partition coefficient (Wildman–Crippen LogP) is 5.85. The van der Waals surface area contributed by atoms with Gasteiger partial charge in [0, 0.05) is 28.7 Å². The van der Waals surface area contributed by atoms with Crippen molar-refractivity contribution >= 4 is 68.2 Å². The summed E-state index contributed by atoms with van der Waals surface area (Å²) in [7, 11) is 3.95. The van der Waals surface area contributed by atoms with E-state index in [1.807, 2.05) is 32.0 Å². The first-order chi connectivity index (χ1) is 12.7. The van der Waals surface area contributed by atoms with E-state index >= 15 is 0 Å². The normalized spacial score (nSPS) is 11.0. The Bertz CT molecular complexity index is 984. The number of halogens is 3. The van der Waals surface area contributed by atoms with E-state index < -0.39 is 0 Å². The fourth-order valence-corrected chi connectivity index (χ4v) is 4.46. The molecular weight excluding hydrogens is 437 g/mol. The van der Waals surface area contributed by atoms with Crippen molar-refractivity contribution in [1.82, 2.24) is 9.88 Å². The maximum absolute atomic E-state index is 13.2. The molecule has 0 unspecified atom stereocenters. The molecule has 0 spiro atoms. The Morgan fingerprint density at radius 2 is 1.68 bits per heavy atom. The van der Waals surface area contributed by atoms with Crippen molar-refractivity contribution in [3.63, 3.8) is 0 Å². The number of aromatic nitrogens is 1. The van der Waals surface area contributed by atoms with Gasteiger partial charge in [-0.05, 0) is 63.3 Å². The second-order valence-electron chi connectivity index (χ2n) is 6.84. The summed E-state index contributed by atoms with van der Waals surface area (Å²) < 4.78 is 1.10. The third kappa shape index (κ3) is 5.16. The number of carbonyl (C=O) groups is 1. The van der Waals surface area contributed by atoms with Gasteiger partial charge in [0.25, 0.3) is 5.91 Å². The molecule has 1 heterocycles. The van der Waals surface area contributed by atoms with E-state index in [1.165, 1.54) is 16.9 Å². The van der Waals surface area contributed by atoms with Gasteiger partial charge >= 0.3 is 0 Å². The lowest BCUT2D eigenvalue weighted by Gasteiger charge is -2.22. The van der Waals surface area contributed by atoms with Crippen LogP contribution >= 0.6 is 46.9 Å². The zero-order valence-electron chi connectivity index (χ0n) is 16.1. The van der Waals surface area contributed by atoms with Crippen LogP contribution in [0.5, 0.6) is 0 Å². The summed E-state index contributed by atoms with van der Waals surface area (Å²) >= 11 is 13.7. The molecule has 0 bridgehead atoms. The minimum absolute atomic E-state index is 0. The van der Waals surface area contributed by atoms with Crippen molar-refractivity contribution in [1.29, 1.82) is 0 Å². The molecule has 1 amide bonds. The summed E-state index contributed by atoms with van der Waals surface area (Å²) in [5.74, 6) is -0.158. The van der Waals surface area contributed by atoms with Gasteiger partial charge in [-0.15, -0.1) is 12.4 Å². The van der Waals surface area contributed by atoms with Gasteiger partial charge in [-0.25, -0.2) is 4.98 Å². The van der Waals surface area contributed by atoms with Crippen molar-refractivity contribution in [3.05, 3.63) is 57.1 Å². The van der Waals surface area contributed by atoms with Crippen LogP contribution in [-0.4, -0.2) is 43.0 Å². The number of amides is 1. The van der Waals surface area contributed by atoms with E-state index in [2.05, 4.69) is 13.0 Å². The van der Waals surface area contributed by atoms with Gasteiger partial charge in [0.1, 0.15) is 0 Å². The maximum atomic E-state index is 13.2. The minimum atomic E-state index is -0.158. The number of likely N-dealkylation sites (N-methyl/N-ethyl adjacent to an activating group) is 1. The molecule has 3 aromatic rings. The monoisotopic (exact) mass is 457 g/mol. The van der Waals surface area contributed by atoms with Gasteiger partial charge in [0.2, 0.25) is 0 Å². The molecule has 4 nitrogen and oxygen atoms in total. The number of carbonyl (C=O) groups excluding carboxylic acids is 1. The van der Waals surface area contributed by atoms with Crippen LogP contribution < -0.4 is 4.90 Å². The van der Waals surface area contributed by atoms with Crippen LogP contribution in [-0.2, 0) is 0 Å². The quantitative estimate of drug-likeness (QED) is 0.481. The van der Waals surface area contributed by atoms with E-state index in [4.69, 9.17) is 28.2 Å². The molecule has 0 N–H and O–H groups in total. The van der Waals surface area contributed by atoms with Crippen molar-refractivity contribution in [2.45, 2.75) is 13.8 Å². The van der Waals surface area contributed by atoms with Crippen molar-refractivity contribution in [2.75, 3.05) is 32.1 Å². The Kier molecular flexibility index (Phi) is 7.71. The van der Waals surface area contributed by atoms with Gasteiger partial charge < -0.3 is 4.90 Å². The number of hydrogen-bond acceptors (Lipinski definition) is 4. The first-order valence-corrected chi connectivity index (χ1v) is 10.1. The molecule has 0 saturated heterocycles. The molecule has 28 heavy (non-hydrogen) atoms. The van der Waals surface area contributed by atoms with Crippen LogP contribution in [0, 0.1) is 13.8 Å². The molecule has 0 fully saturated rings. The van der Waals surface area contributed by atoms with Crippen LogP contribution in [0.25, 0.3) is 10.2 Å². The second-order valence-corrected chi connectivity index (χ2v) is 8.70. The van der Waals surface area contributed by atoms with E-state index in [0.717, 1.165) is 15.8 Å². The van der Waals surface area contributed by atoms with E-state index in [9.17, 15) is 4.79 Å². The zero-order chi connectivity index (χ0) is 19.7. The first kappa shape index (κ1) is 22.9. The lowest BCUT2D eigenvalue weighted by Crippen LogP contribution is -2.36. The van der Waals surface area contributed by atoms with Gasteiger partial charge in [-0.3, -0.25) is 9.69 Å². The average molecular weight is 459 g/mol. The highest BCUT2D eigenvalue weighted by atomic mass is 35.5. The Morgan fingerprint density at radius 1 is 1.04 bits per heavy atom. The molecule has 150 valence electrons. The molecular formula is C20H22Cl3N3OS. The summed E-state index contributed by atoms with van der Waals surface area (Å²) in [4.78, 5) is 21.7. The molecule has 1 aromatic heterocycles. The Hall–Kier alpha value is -1.37. The van der Waals surface area contributed by atoms with Gasteiger partial charge in [-0.1, -0.05) is 40.6 Å². The van der Waals surface area contributed by atoms with Crippen LogP contribution in [0.3, 0.4) is 0 Å². The smallest absolute Gasteiger partial charge is 0.260 e. The van der Waals surface area contributed by atoms with Gasteiger partial charge in [0.05, 0.1) is 10.2 Å². The van der Waals surface area contributed by atoms with Crippen LogP contribution in [0.4, 0.5) is 5.13 Å². The lowest BCUT2D eigenvalue weighted by atomic mass is 10.1. The maximum Gasteiger partial charge on any atom is 0.260 e. The molecule has 0 aliphatic carbocycles. The summed E-state index contributed by atoms with van der Waals surface area (Å²) in [6, 6.07) is 9.08. The van der Waals surface area contributed by atoms with Crippen molar-refractivity contribution < 1.29 is 4.79 Å². The molecule has 0 atom stereocenters. The standard InChI is InChI=1S/C20H21Cl2N3OS.ClH/c1-12-7-13(2)18-17(8-12)23-20(27-18)25(6-5-24(3)4)19(26)14-9-15(21)11-16(22)10-14;/h7-11H,5-6H2,1-4H3;1H. The molecule has 3 rings (SSSR count). The topological polar surface area (TPSA) is 36.4 Å². The van der Waals surface area contributed by atoms with E-state index in [-0.39, 0.29) is 18.3 Å².